The summed E-state index contributed by atoms with van der Waals surface area (Å²) in [6, 6.07) is 3.75. The molecule has 2 rings (SSSR count). The van der Waals surface area contributed by atoms with E-state index in [0.29, 0.717) is 5.15 Å². The standard InChI is InChI=1S/C10H11ClN2O/c1-2-13-8(6-14)3-7-5-12-10(11)4-9(7)13/h3-5,14H,2,6H2,1H3. The molecule has 3 nitrogen and oxygen atoms in total. The second kappa shape index (κ2) is 3.59. The van der Waals surface area contributed by atoms with Gasteiger partial charge in [0.15, 0.2) is 0 Å². The number of nitrogens with zero attached hydrogens (tertiary/aromatic N) is 2. The van der Waals surface area contributed by atoms with Gasteiger partial charge in [-0.25, -0.2) is 4.98 Å². The van der Waals surface area contributed by atoms with E-state index in [1.165, 1.54) is 0 Å². The number of aliphatic hydroxyl groups is 1. The highest BCUT2D eigenvalue weighted by Crippen LogP contribution is 2.21. The molecule has 0 aliphatic rings. The van der Waals surface area contributed by atoms with Gasteiger partial charge in [0.2, 0.25) is 0 Å². The van der Waals surface area contributed by atoms with Gasteiger partial charge in [0.1, 0.15) is 5.15 Å². The Morgan fingerprint density at radius 1 is 1.50 bits per heavy atom. The van der Waals surface area contributed by atoms with Gasteiger partial charge in [-0.3, -0.25) is 0 Å². The third-order valence-electron chi connectivity index (χ3n) is 2.32. The predicted molar refractivity (Wildman–Crippen MR) is 56.3 cm³/mol. The average molecular weight is 211 g/mol. The quantitative estimate of drug-likeness (QED) is 0.772. The highest BCUT2D eigenvalue weighted by molar-refractivity contribution is 6.30. The lowest BCUT2D eigenvalue weighted by molar-refractivity contribution is 0.272. The second-order valence-corrected chi connectivity index (χ2v) is 3.49. The summed E-state index contributed by atoms with van der Waals surface area (Å²) in [7, 11) is 0. The molecule has 0 saturated carbocycles. The molecule has 74 valence electrons. The Hall–Kier alpha value is -1.06. The maximum Gasteiger partial charge on any atom is 0.131 e. The van der Waals surface area contributed by atoms with Crippen LogP contribution in [0.3, 0.4) is 0 Å². The van der Waals surface area contributed by atoms with E-state index in [1.54, 1.807) is 6.20 Å². The summed E-state index contributed by atoms with van der Waals surface area (Å²) in [4.78, 5) is 4.00. The summed E-state index contributed by atoms with van der Waals surface area (Å²) in [6.07, 6.45) is 1.73. The summed E-state index contributed by atoms with van der Waals surface area (Å²) in [5.74, 6) is 0. The fraction of sp³-hybridized carbons (Fsp3) is 0.300. The van der Waals surface area contributed by atoms with Crippen LogP contribution < -0.4 is 0 Å². The van der Waals surface area contributed by atoms with E-state index in [1.807, 2.05) is 23.6 Å². The monoisotopic (exact) mass is 210 g/mol. The predicted octanol–water partition coefficient (Wildman–Crippen LogP) is 2.20. The van der Waals surface area contributed by atoms with E-state index >= 15 is 0 Å². The van der Waals surface area contributed by atoms with Crippen LogP contribution in [0.1, 0.15) is 12.6 Å². The normalized spacial score (nSPS) is 11.1. The van der Waals surface area contributed by atoms with Gasteiger partial charge in [-0.15, -0.1) is 0 Å². The number of aromatic nitrogens is 2. The fourth-order valence-electron chi connectivity index (χ4n) is 1.69. The fourth-order valence-corrected chi connectivity index (χ4v) is 1.84. The zero-order valence-corrected chi connectivity index (χ0v) is 8.62. The molecule has 0 aromatic carbocycles. The molecule has 1 N–H and O–H groups in total. The highest BCUT2D eigenvalue weighted by atomic mass is 35.5. The largest absolute Gasteiger partial charge is 0.390 e. The molecule has 2 heterocycles. The third kappa shape index (κ3) is 1.38. The minimum atomic E-state index is 0.0418. The molecule has 0 aliphatic heterocycles. The van der Waals surface area contributed by atoms with Gasteiger partial charge in [-0.2, -0.15) is 0 Å². The van der Waals surface area contributed by atoms with Gasteiger partial charge < -0.3 is 9.67 Å². The molecule has 0 radical (unpaired) electrons. The van der Waals surface area contributed by atoms with Crippen LogP contribution in [0.5, 0.6) is 0 Å². The van der Waals surface area contributed by atoms with Crippen LogP contribution >= 0.6 is 11.6 Å². The van der Waals surface area contributed by atoms with Crippen LogP contribution in [0.2, 0.25) is 5.15 Å². The van der Waals surface area contributed by atoms with E-state index in [-0.39, 0.29) is 6.61 Å². The van der Waals surface area contributed by atoms with Crippen molar-refractivity contribution in [3.05, 3.63) is 29.2 Å². The third-order valence-corrected chi connectivity index (χ3v) is 2.52. The summed E-state index contributed by atoms with van der Waals surface area (Å²) >= 11 is 5.81. The van der Waals surface area contributed by atoms with Crippen LogP contribution in [0, 0.1) is 0 Å². The lowest BCUT2D eigenvalue weighted by Crippen LogP contribution is -1.99. The maximum absolute atomic E-state index is 9.15. The first-order chi connectivity index (χ1) is 6.76. The van der Waals surface area contributed by atoms with Gasteiger partial charge in [0.25, 0.3) is 0 Å². The Morgan fingerprint density at radius 2 is 2.29 bits per heavy atom. The van der Waals surface area contributed by atoms with E-state index in [9.17, 15) is 0 Å². The van der Waals surface area contributed by atoms with Crippen molar-refractivity contribution in [1.29, 1.82) is 0 Å². The van der Waals surface area contributed by atoms with Crippen LogP contribution in [0.4, 0.5) is 0 Å². The Morgan fingerprint density at radius 3 is 2.93 bits per heavy atom. The van der Waals surface area contributed by atoms with Crippen molar-refractivity contribution in [2.45, 2.75) is 20.1 Å². The Bertz CT molecular complexity index is 464. The van der Waals surface area contributed by atoms with Crippen molar-refractivity contribution >= 4 is 22.5 Å². The van der Waals surface area contributed by atoms with Gasteiger partial charge in [-0.1, -0.05) is 11.6 Å². The number of halogens is 1. The van der Waals surface area contributed by atoms with Crippen molar-refractivity contribution in [2.75, 3.05) is 0 Å². The smallest absolute Gasteiger partial charge is 0.131 e. The molecular formula is C10H11ClN2O. The first-order valence-electron chi connectivity index (χ1n) is 4.50. The number of pyridine rings is 1. The first-order valence-corrected chi connectivity index (χ1v) is 4.88. The maximum atomic E-state index is 9.15. The molecule has 2 aromatic rings. The summed E-state index contributed by atoms with van der Waals surface area (Å²) in [5, 5.41) is 10.6. The van der Waals surface area contributed by atoms with E-state index < -0.39 is 0 Å². The molecule has 0 saturated heterocycles. The topological polar surface area (TPSA) is 38.0 Å². The first kappa shape index (κ1) is 9.49. The van der Waals surface area contributed by atoms with Crippen molar-refractivity contribution in [1.82, 2.24) is 9.55 Å². The molecule has 0 spiro atoms. The lowest BCUT2D eigenvalue weighted by Gasteiger charge is -2.04. The van der Waals surface area contributed by atoms with E-state index in [4.69, 9.17) is 16.7 Å². The summed E-state index contributed by atoms with van der Waals surface area (Å²) in [5.41, 5.74) is 1.92. The van der Waals surface area contributed by atoms with Gasteiger partial charge >= 0.3 is 0 Å². The molecule has 0 amide bonds. The number of hydrogen-bond acceptors (Lipinski definition) is 2. The van der Waals surface area contributed by atoms with Crippen molar-refractivity contribution in [3.63, 3.8) is 0 Å². The molecule has 0 atom stereocenters. The van der Waals surface area contributed by atoms with Crippen LogP contribution in [-0.4, -0.2) is 14.7 Å². The number of aryl methyl sites for hydroxylation is 1. The van der Waals surface area contributed by atoms with Crippen molar-refractivity contribution in [2.24, 2.45) is 0 Å². The molecular weight excluding hydrogens is 200 g/mol. The molecule has 14 heavy (non-hydrogen) atoms. The zero-order chi connectivity index (χ0) is 10.1. The van der Waals surface area contributed by atoms with Gasteiger partial charge in [-0.05, 0) is 19.1 Å². The second-order valence-electron chi connectivity index (χ2n) is 3.10. The SMILES string of the molecule is CCn1c(CO)cc2cnc(Cl)cc21. The minimum absolute atomic E-state index is 0.0418. The van der Waals surface area contributed by atoms with Gasteiger partial charge in [0, 0.05) is 23.8 Å². The van der Waals surface area contributed by atoms with E-state index in [2.05, 4.69) is 4.98 Å². The van der Waals surface area contributed by atoms with Crippen molar-refractivity contribution in [3.8, 4) is 0 Å². The number of hydrogen-bond donors (Lipinski definition) is 1. The van der Waals surface area contributed by atoms with Crippen LogP contribution in [-0.2, 0) is 13.2 Å². The molecule has 0 fully saturated rings. The highest BCUT2D eigenvalue weighted by Gasteiger charge is 2.07. The van der Waals surface area contributed by atoms with Crippen LogP contribution in [0.15, 0.2) is 18.3 Å². The average Bonchev–Trinajstić information content (AvgIpc) is 2.54. The zero-order valence-electron chi connectivity index (χ0n) is 7.87. The lowest BCUT2D eigenvalue weighted by atomic mass is 10.3. The number of fused-ring (bicyclic) bond motifs is 1. The molecule has 0 bridgehead atoms. The molecule has 2 aromatic heterocycles. The van der Waals surface area contributed by atoms with E-state index in [0.717, 1.165) is 23.1 Å². The number of rotatable bonds is 2. The Kier molecular flexibility index (Phi) is 2.44. The molecule has 0 unspecified atom stereocenters. The Labute approximate surface area is 86.9 Å². The van der Waals surface area contributed by atoms with Crippen LogP contribution in [0.25, 0.3) is 10.9 Å². The van der Waals surface area contributed by atoms with Gasteiger partial charge in [0.05, 0.1) is 12.1 Å². The summed E-state index contributed by atoms with van der Waals surface area (Å²) in [6.45, 7) is 2.90. The molecule has 0 aliphatic carbocycles. The molecule has 4 heteroatoms. The summed E-state index contributed by atoms with van der Waals surface area (Å²) < 4.78 is 2.03. The Balaban J connectivity index is 2.74. The minimum Gasteiger partial charge on any atom is -0.390 e. The number of aliphatic hydroxyl groups excluding tert-OH is 1. The van der Waals surface area contributed by atoms with Crippen molar-refractivity contribution < 1.29 is 5.11 Å².